The topological polar surface area (TPSA) is 21.7 Å². The van der Waals surface area contributed by atoms with Crippen LogP contribution in [0, 0.1) is 11.3 Å². The van der Waals surface area contributed by atoms with E-state index in [2.05, 4.69) is 46.4 Å². The second-order valence-corrected chi connectivity index (χ2v) is 8.34. The highest BCUT2D eigenvalue weighted by atomic mass is 16.6. The molecule has 0 aromatic carbocycles. The average molecular weight is 297 g/mol. The fourth-order valence-electron chi connectivity index (χ4n) is 4.16. The molecule has 3 atom stereocenters. The SMILES string of the molecule is CCCN(CC)C1(C)COCC2(CCC(C(C)(C)C)C2)O1. The Morgan fingerprint density at radius 2 is 1.90 bits per heavy atom. The lowest BCUT2D eigenvalue weighted by atomic mass is 9.79. The molecule has 0 aromatic rings. The van der Waals surface area contributed by atoms with Crippen LogP contribution in [-0.2, 0) is 9.47 Å². The lowest BCUT2D eigenvalue weighted by molar-refractivity contribution is -0.294. The Kier molecular flexibility index (Phi) is 5.07. The molecule has 2 aliphatic rings. The summed E-state index contributed by atoms with van der Waals surface area (Å²) in [4.78, 5) is 2.44. The van der Waals surface area contributed by atoms with Gasteiger partial charge in [-0.25, -0.2) is 0 Å². The van der Waals surface area contributed by atoms with E-state index in [9.17, 15) is 0 Å². The molecule has 2 fully saturated rings. The largest absolute Gasteiger partial charge is 0.374 e. The van der Waals surface area contributed by atoms with Crippen LogP contribution in [0.2, 0.25) is 0 Å². The van der Waals surface area contributed by atoms with Crippen molar-refractivity contribution in [3.63, 3.8) is 0 Å². The van der Waals surface area contributed by atoms with Gasteiger partial charge in [-0.1, -0.05) is 34.6 Å². The molecule has 0 bridgehead atoms. The lowest BCUT2D eigenvalue weighted by Crippen LogP contribution is -2.61. The van der Waals surface area contributed by atoms with Gasteiger partial charge in [-0.15, -0.1) is 0 Å². The van der Waals surface area contributed by atoms with Crippen LogP contribution in [0.15, 0.2) is 0 Å². The normalized spacial score (nSPS) is 37.6. The van der Waals surface area contributed by atoms with Gasteiger partial charge >= 0.3 is 0 Å². The zero-order valence-electron chi connectivity index (χ0n) is 15.0. The number of likely N-dealkylation sites (N-methyl/N-ethyl adjacent to an activating group) is 1. The molecule has 3 heteroatoms. The van der Waals surface area contributed by atoms with Crippen molar-refractivity contribution in [1.82, 2.24) is 4.90 Å². The van der Waals surface area contributed by atoms with Gasteiger partial charge in [0.25, 0.3) is 0 Å². The molecule has 3 nitrogen and oxygen atoms in total. The van der Waals surface area contributed by atoms with Crippen molar-refractivity contribution in [2.45, 2.75) is 78.6 Å². The maximum atomic E-state index is 6.75. The molecule has 0 aromatic heterocycles. The number of rotatable bonds is 4. The summed E-state index contributed by atoms with van der Waals surface area (Å²) in [5.41, 5.74) is 0.0659. The minimum Gasteiger partial charge on any atom is -0.374 e. The van der Waals surface area contributed by atoms with Crippen molar-refractivity contribution in [1.29, 1.82) is 0 Å². The van der Waals surface area contributed by atoms with E-state index < -0.39 is 0 Å². The van der Waals surface area contributed by atoms with Gasteiger partial charge in [-0.3, -0.25) is 4.90 Å². The number of hydrogen-bond acceptors (Lipinski definition) is 3. The minimum absolute atomic E-state index is 0.0495. The Bertz CT molecular complexity index is 352. The Labute approximate surface area is 131 Å². The van der Waals surface area contributed by atoms with Gasteiger partial charge in [-0.2, -0.15) is 0 Å². The van der Waals surface area contributed by atoms with Crippen LogP contribution in [0.3, 0.4) is 0 Å². The van der Waals surface area contributed by atoms with Gasteiger partial charge in [0, 0.05) is 6.54 Å². The first-order valence-electron chi connectivity index (χ1n) is 8.78. The predicted octanol–water partition coefficient (Wildman–Crippen LogP) is 4.07. The second-order valence-electron chi connectivity index (χ2n) is 8.34. The van der Waals surface area contributed by atoms with E-state index in [4.69, 9.17) is 9.47 Å². The first-order chi connectivity index (χ1) is 9.75. The van der Waals surface area contributed by atoms with Crippen molar-refractivity contribution in [2.75, 3.05) is 26.3 Å². The summed E-state index contributed by atoms with van der Waals surface area (Å²) >= 11 is 0. The molecule has 21 heavy (non-hydrogen) atoms. The highest BCUT2D eigenvalue weighted by Gasteiger charge is 2.51. The molecule has 1 saturated carbocycles. The Morgan fingerprint density at radius 3 is 2.43 bits per heavy atom. The summed E-state index contributed by atoms with van der Waals surface area (Å²) in [6.07, 6.45) is 4.72. The molecule has 1 aliphatic carbocycles. The van der Waals surface area contributed by atoms with E-state index in [1.54, 1.807) is 0 Å². The van der Waals surface area contributed by atoms with E-state index in [1.807, 2.05) is 0 Å². The minimum atomic E-state index is -0.254. The summed E-state index contributed by atoms with van der Waals surface area (Å²) in [5, 5.41) is 0. The summed E-state index contributed by atoms with van der Waals surface area (Å²) < 4.78 is 12.8. The van der Waals surface area contributed by atoms with Crippen molar-refractivity contribution in [3.05, 3.63) is 0 Å². The molecule has 2 rings (SSSR count). The van der Waals surface area contributed by atoms with Crippen LogP contribution in [0.25, 0.3) is 0 Å². The monoisotopic (exact) mass is 297 g/mol. The standard InChI is InChI=1S/C18H35NO2/c1-7-11-19(8-2)17(6)13-20-14-18(21-17)10-9-15(12-18)16(3,4)5/h15H,7-14H2,1-6H3. The van der Waals surface area contributed by atoms with Gasteiger partial charge in [0.15, 0.2) is 0 Å². The first-order valence-corrected chi connectivity index (χ1v) is 8.78. The summed E-state index contributed by atoms with van der Waals surface area (Å²) in [7, 11) is 0. The van der Waals surface area contributed by atoms with Gasteiger partial charge in [-0.05, 0) is 50.5 Å². The third kappa shape index (κ3) is 3.62. The highest BCUT2D eigenvalue weighted by molar-refractivity contribution is 4.99. The molecular formula is C18H35NO2. The number of hydrogen-bond donors (Lipinski definition) is 0. The predicted molar refractivity (Wildman–Crippen MR) is 87.4 cm³/mol. The Hall–Kier alpha value is -0.120. The van der Waals surface area contributed by atoms with Crippen LogP contribution in [0.1, 0.15) is 67.2 Å². The van der Waals surface area contributed by atoms with Crippen LogP contribution >= 0.6 is 0 Å². The maximum Gasteiger partial charge on any atom is 0.143 e. The van der Waals surface area contributed by atoms with Crippen molar-refractivity contribution in [3.8, 4) is 0 Å². The van der Waals surface area contributed by atoms with Crippen LogP contribution in [0.4, 0.5) is 0 Å². The van der Waals surface area contributed by atoms with Crippen LogP contribution in [0.5, 0.6) is 0 Å². The number of nitrogens with zero attached hydrogens (tertiary/aromatic N) is 1. The Balaban J connectivity index is 2.10. The van der Waals surface area contributed by atoms with Crippen molar-refractivity contribution in [2.24, 2.45) is 11.3 Å². The van der Waals surface area contributed by atoms with E-state index in [0.29, 0.717) is 12.0 Å². The van der Waals surface area contributed by atoms with Crippen LogP contribution < -0.4 is 0 Å². The third-order valence-corrected chi connectivity index (χ3v) is 5.51. The van der Waals surface area contributed by atoms with E-state index in [0.717, 1.165) is 44.9 Å². The number of ether oxygens (including phenoxy) is 2. The maximum absolute atomic E-state index is 6.75. The second kappa shape index (κ2) is 6.17. The molecule has 1 aliphatic heterocycles. The summed E-state index contributed by atoms with van der Waals surface area (Å²) in [5.74, 6) is 0.740. The van der Waals surface area contributed by atoms with E-state index >= 15 is 0 Å². The third-order valence-electron chi connectivity index (χ3n) is 5.51. The molecule has 3 unspecified atom stereocenters. The van der Waals surface area contributed by atoms with Gasteiger partial charge in [0.1, 0.15) is 5.72 Å². The fraction of sp³-hybridized carbons (Fsp3) is 1.00. The average Bonchev–Trinajstić information content (AvgIpc) is 2.79. The molecule has 1 heterocycles. The summed E-state index contributed by atoms with van der Waals surface area (Å²) in [6, 6.07) is 0. The zero-order valence-corrected chi connectivity index (χ0v) is 15.0. The molecule has 124 valence electrons. The molecule has 0 radical (unpaired) electrons. The molecule has 0 amide bonds. The first kappa shape index (κ1) is 17.2. The van der Waals surface area contributed by atoms with Gasteiger partial charge in [0.2, 0.25) is 0 Å². The lowest BCUT2D eigenvalue weighted by Gasteiger charge is -2.50. The zero-order chi connectivity index (χ0) is 15.7. The van der Waals surface area contributed by atoms with Crippen molar-refractivity contribution < 1.29 is 9.47 Å². The van der Waals surface area contributed by atoms with Gasteiger partial charge < -0.3 is 9.47 Å². The molecular weight excluding hydrogens is 262 g/mol. The quantitative estimate of drug-likeness (QED) is 0.781. The Morgan fingerprint density at radius 1 is 1.19 bits per heavy atom. The van der Waals surface area contributed by atoms with Crippen LogP contribution in [-0.4, -0.2) is 42.5 Å². The van der Waals surface area contributed by atoms with E-state index in [-0.39, 0.29) is 11.3 Å². The molecule has 0 N–H and O–H groups in total. The highest BCUT2D eigenvalue weighted by Crippen LogP contribution is 2.49. The van der Waals surface area contributed by atoms with Crippen molar-refractivity contribution >= 4 is 0 Å². The smallest absolute Gasteiger partial charge is 0.143 e. The molecule has 1 spiro atoms. The summed E-state index contributed by atoms with van der Waals surface area (Å²) in [6.45, 7) is 17.3. The van der Waals surface area contributed by atoms with E-state index in [1.165, 1.54) is 6.42 Å². The molecule has 1 saturated heterocycles. The fourth-order valence-corrected chi connectivity index (χ4v) is 4.16. The van der Waals surface area contributed by atoms with Gasteiger partial charge in [0.05, 0.1) is 18.8 Å².